The van der Waals surface area contributed by atoms with Gasteiger partial charge in [-0.25, -0.2) is 4.98 Å². The molecular weight excluding hydrogens is 460 g/mol. The number of fused-ring (bicyclic) bond motifs is 2. The molecule has 2 fully saturated rings. The molecule has 6 nitrogen and oxygen atoms in total. The van der Waals surface area contributed by atoms with Gasteiger partial charge in [-0.3, -0.25) is 4.79 Å². The highest BCUT2D eigenvalue weighted by Gasteiger charge is 2.36. The summed E-state index contributed by atoms with van der Waals surface area (Å²) in [6, 6.07) is 24.7. The second-order valence-electron chi connectivity index (χ2n) is 10.3. The molecule has 2 aliphatic rings. The van der Waals surface area contributed by atoms with E-state index in [1.165, 1.54) is 0 Å². The predicted octanol–water partition coefficient (Wildman–Crippen LogP) is 6.25. The molecular formula is C31H26N4O2. The Morgan fingerprint density at radius 3 is 2.62 bits per heavy atom. The molecule has 1 atom stereocenters. The number of hydrogen-bond acceptors (Lipinski definition) is 4. The van der Waals surface area contributed by atoms with Gasteiger partial charge in [0.05, 0.1) is 17.3 Å². The quantitative estimate of drug-likeness (QED) is 0.294. The monoisotopic (exact) mass is 486 g/mol. The maximum atomic E-state index is 12.6. The minimum Gasteiger partial charge on any atom is -0.464 e. The summed E-state index contributed by atoms with van der Waals surface area (Å²) in [4.78, 5) is 19.6. The molecule has 0 N–H and O–H groups in total. The van der Waals surface area contributed by atoms with E-state index in [4.69, 9.17) is 9.40 Å². The maximum absolute atomic E-state index is 12.6. The smallest absolute Gasteiger partial charge is 0.225 e. The number of aromatic nitrogens is 2. The van der Waals surface area contributed by atoms with Crippen molar-refractivity contribution >= 4 is 27.9 Å². The summed E-state index contributed by atoms with van der Waals surface area (Å²) in [5.41, 5.74) is 6.43. The molecule has 0 bridgehead atoms. The molecule has 5 aromatic rings. The van der Waals surface area contributed by atoms with E-state index in [2.05, 4.69) is 47.0 Å². The fraction of sp³-hybridized carbons (Fsp3) is 0.258. The van der Waals surface area contributed by atoms with Gasteiger partial charge in [0.25, 0.3) is 0 Å². The van der Waals surface area contributed by atoms with Gasteiger partial charge in [0, 0.05) is 36.5 Å². The number of nitrogens with zero attached hydrogens (tertiary/aromatic N) is 4. The Hall–Kier alpha value is -4.37. The third kappa shape index (κ3) is 3.88. The van der Waals surface area contributed by atoms with Crippen LogP contribution in [0.15, 0.2) is 77.4 Å². The number of para-hydroxylation sites is 1. The zero-order valence-corrected chi connectivity index (χ0v) is 20.4. The molecule has 6 heteroatoms. The van der Waals surface area contributed by atoms with Crippen molar-refractivity contribution in [3.63, 3.8) is 0 Å². The largest absolute Gasteiger partial charge is 0.464 e. The molecule has 0 radical (unpaired) electrons. The number of hydrogen-bond donors (Lipinski definition) is 0. The standard InChI is InChI=1S/C31H26N4O2/c32-17-26-2-1-3-27-29(26)33-30(35(27)19-20-12-14-34(18-20)31(36)23-8-9-23)22-6-4-21(5-7-22)24-10-11-28-25(16-24)13-15-37-28/h1-7,10-11,13,15-16,20,23H,8-9,12,14,18-19H2. The normalized spacial score (nSPS) is 17.5. The molecule has 1 unspecified atom stereocenters. The van der Waals surface area contributed by atoms with Gasteiger partial charge in [-0.2, -0.15) is 5.26 Å². The number of nitriles is 1. The Kier molecular flexibility index (Phi) is 5.10. The highest BCUT2D eigenvalue weighted by atomic mass is 16.3. The van der Waals surface area contributed by atoms with Gasteiger partial charge in [-0.05, 0) is 66.6 Å². The second-order valence-corrected chi connectivity index (χ2v) is 10.3. The van der Waals surface area contributed by atoms with Crippen molar-refractivity contribution in [1.82, 2.24) is 14.5 Å². The van der Waals surface area contributed by atoms with Gasteiger partial charge in [-0.15, -0.1) is 0 Å². The zero-order valence-electron chi connectivity index (χ0n) is 20.4. The summed E-state index contributed by atoms with van der Waals surface area (Å²) in [6.07, 6.45) is 4.78. The number of carbonyl (C=O) groups excluding carboxylic acids is 1. The van der Waals surface area contributed by atoms with Crippen LogP contribution in [0.3, 0.4) is 0 Å². The lowest BCUT2D eigenvalue weighted by molar-refractivity contribution is -0.131. The Balaban J connectivity index is 1.23. The van der Waals surface area contributed by atoms with Crippen LogP contribution >= 0.6 is 0 Å². The van der Waals surface area contributed by atoms with Crippen LogP contribution in [-0.2, 0) is 11.3 Å². The summed E-state index contributed by atoms with van der Waals surface area (Å²) in [5.74, 6) is 1.82. The Bertz CT molecular complexity index is 1680. The number of carbonyl (C=O) groups is 1. The Labute approximate surface area is 214 Å². The molecule has 2 aromatic heterocycles. The minimum atomic E-state index is 0.259. The molecule has 182 valence electrons. The summed E-state index contributed by atoms with van der Waals surface area (Å²) >= 11 is 0. The highest BCUT2D eigenvalue weighted by molar-refractivity contribution is 5.87. The Morgan fingerprint density at radius 1 is 1.00 bits per heavy atom. The molecule has 3 heterocycles. The van der Waals surface area contributed by atoms with Crippen molar-refractivity contribution in [2.75, 3.05) is 13.1 Å². The first-order valence-electron chi connectivity index (χ1n) is 12.9. The van der Waals surface area contributed by atoms with Crippen LogP contribution in [0.1, 0.15) is 24.8 Å². The number of furan rings is 1. The molecule has 37 heavy (non-hydrogen) atoms. The molecule has 1 aliphatic carbocycles. The van der Waals surface area contributed by atoms with Crippen molar-refractivity contribution in [3.05, 3.63) is 78.6 Å². The molecule has 3 aromatic carbocycles. The van der Waals surface area contributed by atoms with Gasteiger partial charge >= 0.3 is 0 Å². The van der Waals surface area contributed by atoms with E-state index in [0.717, 1.165) is 83.4 Å². The van der Waals surface area contributed by atoms with E-state index >= 15 is 0 Å². The van der Waals surface area contributed by atoms with Crippen LogP contribution < -0.4 is 0 Å². The molecule has 1 saturated carbocycles. The molecule has 7 rings (SSSR count). The summed E-state index contributed by atoms with van der Waals surface area (Å²) in [5, 5.41) is 10.8. The SMILES string of the molecule is N#Cc1cccc2c1nc(-c1ccc(-c3ccc4occc4c3)cc1)n2CC1CCN(C(=O)C2CC2)C1. The maximum Gasteiger partial charge on any atom is 0.225 e. The lowest BCUT2D eigenvalue weighted by Crippen LogP contribution is -2.30. The van der Waals surface area contributed by atoms with Crippen LogP contribution in [0, 0.1) is 23.2 Å². The topological polar surface area (TPSA) is 75.1 Å². The lowest BCUT2D eigenvalue weighted by Gasteiger charge is -2.18. The van der Waals surface area contributed by atoms with Gasteiger partial charge in [0.1, 0.15) is 23.0 Å². The molecule has 0 spiro atoms. The Morgan fingerprint density at radius 2 is 1.81 bits per heavy atom. The van der Waals surface area contributed by atoms with Crippen molar-refractivity contribution < 1.29 is 9.21 Å². The van der Waals surface area contributed by atoms with E-state index in [9.17, 15) is 10.1 Å². The first-order valence-corrected chi connectivity index (χ1v) is 12.9. The number of amides is 1. The fourth-order valence-electron chi connectivity index (χ4n) is 5.63. The molecule has 1 amide bonds. The van der Waals surface area contributed by atoms with Gasteiger partial charge in [0.2, 0.25) is 5.91 Å². The highest BCUT2D eigenvalue weighted by Crippen LogP contribution is 2.35. The summed E-state index contributed by atoms with van der Waals surface area (Å²) < 4.78 is 7.73. The predicted molar refractivity (Wildman–Crippen MR) is 143 cm³/mol. The number of benzene rings is 3. The van der Waals surface area contributed by atoms with Crippen molar-refractivity contribution in [2.45, 2.75) is 25.8 Å². The van der Waals surface area contributed by atoms with E-state index in [-0.39, 0.29) is 5.92 Å². The number of imidazole rings is 1. The van der Waals surface area contributed by atoms with Crippen molar-refractivity contribution in [2.24, 2.45) is 11.8 Å². The first kappa shape index (κ1) is 21.9. The number of rotatable bonds is 5. The van der Waals surface area contributed by atoms with Crippen LogP contribution in [-0.4, -0.2) is 33.4 Å². The minimum absolute atomic E-state index is 0.259. The first-order chi connectivity index (χ1) is 18.2. The van der Waals surface area contributed by atoms with E-state index in [1.807, 2.05) is 35.2 Å². The van der Waals surface area contributed by atoms with Gasteiger partial charge in [-0.1, -0.05) is 36.4 Å². The number of likely N-dealkylation sites (tertiary alicyclic amines) is 1. The average molecular weight is 487 g/mol. The summed E-state index contributed by atoms with van der Waals surface area (Å²) in [7, 11) is 0. The van der Waals surface area contributed by atoms with Crippen molar-refractivity contribution in [3.8, 4) is 28.6 Å². The third-order valence-electron chi connectivity index (χ3n) is 7.79. The van der Waals surface area contributed by atoms with Crippen LogP contribution in [0.25, 0.3) is 44.5 Å². The van der Waals surface area contributed by atoms with Crippen LogP contribution in [0.2, 0.25) is 0 Å². The average Bonchev–Trinajstić information content (AvgIpc) is 3.32. The van der Waals surface area contributed by atoms with Crippen molar-refractivity contribution in [1.29, 1.82) is 5.26 Å². The van der Waals surface area contributed by atoms with E-state index in [1.54, 1.807) is 6.26 Å². The molecule has 1 saturated heterocycles. The third-order valence-corrected chi connectivity index (χ3v) is 7.79. The zero-order chi connectivity index (χ0) is 24.9. The second kappa shape index (κ2) is 8.63. The fourth-order valence-corrected chi connectivity index (χ4v) is 5.63. The lowest BCUT2D eigenvalue weighted by atomic mass is 10.0. The van der Waals surface area contributed by atoms with E-state index < -0.39 is 0 Å². The summed E-state index contributed by atoms with van der Waals surface area (Å²) in [6.45, 7) is 2.40. The van der Waals surface area contributed by atoms with Crippen LogP contribution in [0.4, 0.5) is 0 Å². The van der Waals surface area contributed by atoms with Crippen LogP contribution in [0.5, 0.6) is 0 Å². The van der Waals surface area contributed by atoms with Gasteiger partial charge < -0.3 is 13.9 Å². The molecule has 1 aliphatic heterocycles. The van der Waals surface area contributed by atoms with E-state index in [0.29, 0.717) is 17.4 Å². The van der Waals surface area contributed by atoms with Gasteiger partial charge in [0.15, 0.2) is 0 Å².